The smallest absolute Gasteiger partial charge is 0.169 e. The van der Waals surface area contributed by atoms with Gasteiger partial charge in [-0.2, -0.15) is 10.4 Å². The summed E-state index contributed by atoms with van der Waals surface area (Å²) in [4.78, 5) is 4.56. The van der Waals surface area contributed by atoms with Crippen molar-refractivity contribution >= 4 is 5.82 Å². The fourth-order valence-electron chi connectivity index (χ4n) is 2.92. The van der Waals surface area contributed by atoms with Crippen LogP contribution in [0.25, 0.3) is 0 Å². The number of likely N-dealkylation sites (N-methyl/N-ethyl adjacent to an activating group) is 1. The molecule has 1 aromatic heterocycles. The predicted molar refractivity (Wildman–Crippen MR) is 84.4 cm³/mol. The van der Waals surface area contributed by atoms with Gasteiger partial charge in [0.05, 0.1) is 5.69 Å². The maximum absolute atomic E-state index is 9.61. The number of aryl methyl sites for hydroxylation is 1. The SMILES string of the molecule is CCc1nnc(N2CCN(C)C(C)(C)C2)c(C#N)c1CC. The summed E-state index contributed by atoms with van der Waals surface area (Å²) < 4.78 is 0. The Hall–Kier alpha value is -1.67. The zero-order valence-corrected chi connectivity index (χ0v) is 13.8. The van der Waals surface area contributed by atoms with Crippen LogP contribution in [0.5, 0.6) is 0 Å². The minimum Gasteiger partial charge on any atom is -0.351 e. The van der Waals surface area contributed by atoms with E-state index in [1.54, 1.807) is 0 Å². The molecule has 1 aliphatic heterocycles. The van der Waals surface area contributed by atoms with E-state index in [0.29, 0.717) is 5.56 Å². The molecule has 0 spiro atoms. The van der Waals surface area contributed by atoms with E-state index < -0.39 is 0 Å². The molecule has 0 amide bonds. The lowest BCUT2D eigenvalue weighted by Crippen LogP contribution is -2.58. The van der Waals surface area contributed by atoms with Crippen molar-refractivity contribution in [3.05, 3.63) is 16.8 Å². The third kappa shape index (κ3) is 2.86. The second kappa shape index (κ2) is 5.98. The highest BCUT2D eigenvalue weighted by Crippen LogP contribution is 2.28. The fourth-order valence-corrected chi connectivity index (χ4v) is 2.92. The minimum atomic E-state index is 0.0719. The maximum atomic E-state index is 9.61. The molecule has 0 atom stereocenters. The van der Waals surface area contributed by atoms with Gasteiger partial charge >= 0.3 is 0 Å². The molecule has 0 N–H and O–H groups in total. The highest BCUT2D eigenvalue weighted by molar-refractivity contribution is 5.58. The third-order valence-electron chi connectivity index (χ3n) is 4.56. The standard InChI is InChI=1S/C16H25N5/c1-6-12-13(10-17)15(19-18-14(12)7-2)21-9-8-20(5)16(3,4)11-21/h6-9,11H2,1-5H3. The first-order valence-corrected chi connectivity index (χ1v) is 7.69. The summed E-state index contributed by atoms with van der Waals surface area (Å²) in [6, 6.07) is 2.37. The van der Waals surface area contributed by atoms with Gasteiger partial charge in [0.1, 0.15) is 11.6 Å². The Morgan fingerprint density at radius 2 is 1.90 bits per heavy atom. The van der Waals surface area contributed by atoms with Crippen molar-refractivity contribution < 1.29 is 0 Å². The van der Waals surface area contributed by atoms with E-state index in [4.69, 9.17) is 0 Å². The van der Waals surface area contributed by atoms with Crippen LogP contribution >= 0.6 is 0 Å². The molecular weight excluding hydrogens is 262 g/mol. The van der Waals surface area contributed by atoms with Gasteiger partial charge in [-0.3, -0.25) is 4.90 Å². The summed E-state index contributed by atoms with van der Waals surface area (Å²) in [5.41, 5.74) is 2.79. The van der Waals surface area contributed by atoms with Crippen LogP contribution in [0.3, 0.4) is 0 Å². The van der Waals surface area contributed by atoms with E-state index in [1.807, 2.05) is 0 Å². The molecule has 1 aliphatic rings. The van der Waals surface area contributed by atoms with Crippen molar-refractivity contribution in [2.24, 2.45) is 0 Å². The molecule has 5 heteroatoms. The lowest BCUT2D eigenvalue weighted by Gasteiger charge is -2.45. The van der Waals surface area contributed by atoms with E-state index in [9.17, 15) is 5.26 Å². The molecule has 0 saturated carbocycles. The van der Waals surface area contributed by atoms with Crippen LogP contribution in [-0.4, -0.2) is 47.3 Å². The number of piperazine rings is 1. The average Bonchev–Trinajstić information content (AvgIpc) is 2.48. The molecule has 0 bridgehead atoms. The molecule has 114 valence electrons. The molecule has 0 radical (unpaired) electrons. The van der Waals surface area contributed by atoms with Crippen molar-refractivity contribution in [3.63, 3.8) is 0 Å². The van der Waals surface area contributed by atoms with Crippen molar-refractivity contribution in [1.29, 1.82) is 5.26 Å². The van der Waals surface area contributed by atoms with Crippen molar-refractivity contribution in [2.75, 3.05) is 31.6 Å². The molecular formula is C16H25N5. The summed E-state index contributed by atoms with van der Waals surface area (Å²) in [5.74, 6) is 0.757. The maximum Gasteiger partial charge on any atom is 0.169 e. The van der Waals surface area contributed by atoms with E-state index in [0.717, 1.165) is 49.6 Å². The highest BCUT2D eigenvalue weighted by Gasteiger charge is 2.33. The molecule has 2 heterocycles. The first-order chi connectivity index (χ1) is 9.94. The Morgan fingerprint density at radius 1 is 1.19 bits per heavy atom. The summed E-state index contributed by atoms with van der Waals surface area (Å²) in [5, 5.41) is 18.3. The van der Waals surface area contributed by atoms with Gasteiger partial charge in [0.2, 0.25) is 0 Å². The minimum absolute atomic E-state index is 0.0719. The van der Waals surface area contributed by atoms with Crippen LogP contribution in [0.2, 0.25) is 0 Å². The molecule has 0 aromatic carbocycles. The average molecular weight is 287 g/mol. The molecule has 1 aromatic rings. The highest BCUT2D eigenvalue weighted by atomic mass is 15.3. The van der Waals surface area contributed by atoms with Gasteiger partial charge in [-0.05, 0) is 39.3 Å². The fraction of sp³-hybridized carbons (Fsp3) is 0.688. The monoisotopic (exact) mass is 287 g/mol. The number of rotatable bonds is 3. The van der Waals surface area contributed by atoms with Gasteiger partial charge in [0.15, 0.2) is 5.82 Å². The molecule has 2 rings (SSSR count). The molecule has 1 saturated heterocycles. The van der Waals surface area contributed by atoms with Crippen molar-refractivity contribution in [1.82, 2.24) is 15.1 Å². The predicted octanol–water partition coefficient (Wildman–Crippen LogP) is 2.00. The van der Waals surface area contributed by atoms with E-state index in [-0.39, 0.29) is 5.54 Å². The Balaban J connectivity index is 2.43. The van der Waals surface area contributed by atoms with Crippen LogP contribution in [0.1, 0.15) is 44.5 Å². The normalized spacial score (nSPS) is 18.6. The zero-order valence-electron chi connectivity index (χ0n) is 13.8. The van der Waals surface area contributed by atoms with Gasteiger partial charge in [0, 0.05) is 25.2 Å². The largest absolute Gasteiger partial charge is 0.351 e. The van der Waals surface area contributed by atoms with E-state index in [2.05, 4.69) is 60.8 Å². The third-order valence-corrected chi connectivity index (χ3v) is 4.56. The van der Waals surface area contributed by atoms with Crippen LogP contribution in [-0.2, 0) is 12.8 Å². The number of anilines is 1. The first-order valence-electron chi connectivity index (χ1n) is 7.69. The second-order valence-electron chi connectivity index (χ2n) is 6.30. The number of hydrogen-bond acceptors (Lipinski definition) is 5. The van der Waals surface area contributed by atoms with Gasteiger partial charge in [-0.1, -0.05) is 13.8 Å². The van der Waals surface area contributed by atoms with Crippen molar-refractivity contribution in [3.8, 4) is 6.07 Å². The van der Waals surface area contributed by atoms with Gasteiger partial charge in [0.25, 0.3) is 0 Å². The Labute approximate surface area is 127 Å². The van der Waals surface area contributed by atoms with E-state index >= 15 is 0 Å². The molecule has 0 unspecified atom stereocenters. The molecule has 1 fully saturated rings. The topological polar surface area (TPSA) is 56.1 Å². The second-order valence-corrected chi connectivity index (χ2v) is 6.30. The number of aromatic nitrogens is 2. The molecule has 0 aliphatic carbocycles. The number of hydrogen-bond donors (Lipinski definition) is 0. The van der Waals surface area contributed by atoms with Crippen LogP contribution < -0.4 is 4.90 Å². The quantitative estimate of drug-likeness (QED) is 0.851. The molecule has 21 heavy (non-hydrogen) atoms. The summed E-state index contributed by atoms with van der Waals surface area (Å²) in [6.07, 6.45) is 1.64. The van der Waals surface area contributed by atoms with Gasteiger partial charge in [-0.25, -0.2) is 0 Å². The van der Waals surface area contributed by atoms with Gasteiger partial charge < -0.3 is 4.90 Å². The summed E-state index contributed by atoms with van der Waals surface area (Å²) >= 11 is 0. The Morgan fingerprint density at radius 3 is 2.43 bits per heavy atom. The van der Waals surface area contributed by atoms with Crippen LogP contribution in [0.4, 0.5) is 5.82 Å². The Kier molecular flexibility index (Phi) is 4.48. The number of nitriles is 1. The summed E-state index contributed by atoms with van der Waals surface area (Å²) in [7, 11) is 2.14. The lowest BCUT2D eigenvalue weighted by atomic mass is 9.98. The lowest BCUT2D eigenvalue weighted by molar-refractivity contribution is 0.138. The molecule has 5 nitrogen and oxygen atoms in total. The first kappa shape index (κ1) is 15.7. The van der Waals surface area contributed by atoms with Crippen LogP contribution in [0, 0.1) is 11.3 Å². The number of nitrogens with zero attached hydrogens (tertiary/aromatic N) is 5. The van der Waals surface area contributed by atoms with Crippen molar-refractivity contribution in [2.45, 2.75) is 46.1 Å². The zero-order chi connectivity index (χ0) is 15.6. The Bertz CT molecular complexity index is 559. The van der Waals surface area contributed by atoms with Gasteiger partial charge in [-0.15, -0.1) is 5.10 Å². The van der Waals surface area contributed by atoms with E-state index in [1.165, 1.54) is 0 Å². The van der Waals surface area contributed by atoms with Crippen LogP contribution in [0.15, 0.2) is 0 Å². The summed E-state index contributed by atoms with van der Waals surface area (Å²) in [6.45, 7) is 11.3.